The molecule has 0 unspecified atom stereocenters. The molecule has 0 aliphatic heterocycles. The minimum Gasteiger partial charge on any atom is -0.354 e. The summed E-state index contributed by atoms with van der Waals surface area (Å²) in [6.45, 7) is 0.925. The van der Waals surface area contributed by atoms with Gasteiger partial charge in [0.25, 0.3) is 0 Å². The Balaban J connectivity index is 1.86. The third-order valence-corrected chi connectivity index (χ3v) is 3.04. The molecule has 1 aromatic rings. The largest absolute Gasteiger partial charge is 0.354 e. The molecule has 84 valence electrons. The van der Waals surface area contributed by atoms with Gasteiger partial charge in [0, 0.05) is 12.7 Å². The number of nitrogens with one attached hydrogen (secondary N) is 1. The first-order valence-corrected chi connectivity index (χ1v) is 5.85. The van der Waals surface area contributed by atoms with Crippen LogP contribution in [0.25, 0.3) is 0 Å². The number of rotatable bonds is 3. The van der Waals surface area contributed by atoms with Crippen LogP contribution >= 0.6 is 0 Å². The summed E-state index contributed by atoms with van der Waals surface area (Å²) in [7, 11) is 0. The predicted molar refractivity (Wildman–Crippen MR) is 61.8 cm³/mol. The summed E-state index contributed by atoms with van der Waals surface area (Å²) < 4.78 is 0. The highest BCUT2D eigenvalue weighted by Gasteiger charge is 2.13. The molecule has 0 amide bonds. The molecule has 1 N–H and O–H groups in total. The minimum atomic E-state index is 0.418. The van der Waals surface area contributed by atoms with Crippen molar-refractivity contribution in [3.8, 4) is 6.07 Å². The molecule has 1 saturated carbocycles. The lowest BCUT2D eigenvalue weighted by atomic mass is 9.89. The predicted octanol–water partition coefficient (Wildman–Crippen LogP) is 2.34. The van der Waals surface area contributed by atoms with Crippen molar-refractivity contribution in [1.29, 1.82) is 5.26 Å². The monoisotopic (exact) mass is 216 g/mol. The number of nitriles is 1. The number of aromatic nitrogens is 2. The molecular weight excluding hydrogens is 200 g/mol. The van der Waals surface area contributed by atoms with Crippen molar-refractivity contribution in [3.05, 3.63) is 18.0 Å². The topological polar surface area (TPSA) is 61.6 Å². The lowest BCUT2D eigenvalue weighted by molar-refractivity contribution is 0.373. The number of nitrogens with zero attached hydrogens (tertiary/aromatic N) is 3. The normalized spacial score (nSPS) is 16.7. The molecule has 4 heteroatoms. The number of hydrogen-bond acceptors (Lipinski definition) is 4. The smallest absolute Gasteiger partial charge is 0.223 e. The van der Waals surface area contributed by atoms with E-state index < -0.39 is 0 Å². The Kier molecular flexibility index (Phi) is 3.71. The Morgan fingerprint density at radius 1 is 1.38 bits per heavy atom. The number of anilines is 1. The van der Waals surface area contributed by atoms with E-state index in [-0.39, 0.29) is 0 Å². The van der Waals surface area contributed by atoms with Crippen molar-refractivity contribution in [2.24, 2.45) is 5.92 Å². The zero-order valence-corrected chi connectivity index (χ0v) is 9.32. The Labute approximate surface area is 95.7 Å². The standard InChI is InChI=1S/C12H16N4/c13-8-11-6-7-14-12(16-11)15-9-10-4-2-1-3-5-10/h6-7,10H,1-5,9H2,(H,14,15,16). The van der Waals surface area contributed by atoms with Crippen molar-refractivity contribution in [2.75, 3.05) is 11.9 Å². The van der Waals surface area contributed by atoms with Gasteiger partial charge in [0.15, 0.2) is 0 Å². The maximum Gasteiger partial charge on any atom is 0.223 e. The zero-order chi connectivity index (χ0) is 11.2. The fraction of sp³-hybridized carbons (Fsp3) is 0.583. The van der Waals surface area contributed by atoms with Crippen LogP contribution < -0.4 is 5.32 Å². The van der Waals surface area contributed by atoms with Crippen LogP contribution in [0.3, 0.4) is 0 Å². The highest BCUT2D eigenvalue weighted by Crippen LogP contribution is 2.23. The maximum absolute atomic E-state index is 8.71. The second-order valence-corrected chi connectivity index (χ2v) is 4.26. The van der Waals surface area contributed by atoms with Crippen LogP contribution in [0.5, 0.6) is 0 Å². The van der Waals surface area contributed by atoms with Gasteiger partial charge in [-0.05, 0) is 24.8 Å². The van der Waals surface area contributed by atoms with Gasteiger partial charge in [-0.15, -0.1) is 0 Å². The minimum absolute atomic E-state index is 0.418. The van der Waals surface area contributed by atoms with Gasteiger partial charge in [-0.3, -0.25) is 0 Å². The first kappa shape index (κ1) is 10.9. The van der Waals surface area contributed by atoms with Crippen LogP contribution in [0.4, 0.5) is 5.95 Å². The first-order chi connectivity index (χ1) is 7.88. The zero-order valence-electron chi connectivity index (χ0n) is 9.32. The molecule has 1 aliphatic rings. The SMILES string of the molecule is N#Cc1ccnc(NCC2CCCCC2)n1. The third-order valence-electron chi connectivity index (χ3n) is 3.04. The maximum atomic E-state index is 8.71. The van der Waals surface area contributed by atoms with Crippen molar-refractivity contribution in [2.45, 2.75) is 32.1 Å². The van der Waals surface area contributed by atoms with E-state index in [1.165, 1.54) is 32.1 Å². The van der Waals surface area contributed by atoms with E-state index in [0.717, 1.165) is 12.5 Å². The lowest BCUT2D eigenvalue weighted by Gasteiger charge is -2.21. The van der Waals surface area contributed by atoms with Gasteiger partial charge >= 0.3 is 0 Å². The lowest BCUT2D eigenvalue weighted by Crippen LogP contribution is -2.18. The van der Waals surface area contributed by atoms with Gasteiger partial charge in [0.1, 0.15) is 11.8 Å². The summed E-state index contributed by atoms with van der Waals surface area (Å²) in [6, 6.07) is 3.63. The average molecular weight is 216 g/mol. The van der Waals surface area contributed by atoms with E-state index in [4.69, 9.17) is 5.26 Å². The highest BCUT2D eigenvalue weighted by molar-refractivity contribution is 5.29. The van der Waals surface area contributed by atoms with Crippen LogP contribution in [0.1, 0.15) is 37.8 Å². The van der Waals surface area contributed by atoms with Gasteiger partial charge in [-0.1, -0.05) is 19.3 Å². The summed E-state index contributed by atoms with van der Waals surface area (Å²) in [5, 5.41) is 11.9. The second-order valence-electron chi connectivity index (χ2n) is 4.26. The van der Waals surface area contributed by atoms with Crippen LogP contribution in [-0.4, -0.2) is 16.5 Å². The number of hydrogen-bond donors (Lipinski definition) is 1. The molecule has 1 aromatic heterocycles. The molecule has 1 fully saturated rings. The van der Waals surface area contributed by atoms with Gasteiger partial charge in [-0.2, -0.15) is 5.26 Å². The molecule has 0 aromatic carbocycles. The molecule has 0 saturated heterocycles. The highest BCUT2D eigenvalue weighted by atomic mass is 15.1. The van der Waals surface area contributed by atoms with Gasteiger partial charge < -0.3 is 5.32 Å². The second kappa shape index (κ2) is 5.45. The average Bonchev–Trinajstić information content (AvgIpc) is 2.38. The molecule has 0 bridgehead atoms. The van der Waals surface area contributed by atoms with Gasteiger partial charge in [0.05, 0.1) is 0 Å². The molecule has 2 rings (SSSR count). The van der Waals surface area contributed by atoms with Crippen molar-refractivity contribution in [1.82, 2.24) is 9.97 Å². The molecule has 4 nitrogen and oxygen atoms in total. The van der Waals surface area contributed by atoms with E-state index >= 15 is 0 Å². The Morgan fingerprint density at radius 2 is 2.19 bits per heavy atom. The van der Waals surface area contributed by atoms with Crippen LogP contribution in [-0.2, 0) is 0 Å². The Bertz CT molecular complexity index is 377. The summed E-state index contributed by atoms with van der Waals surface area (Å²) in [6.07, 6.45) is 8.26. The fourth-order valence-corrected chi connectivity index (χ4v) is 2.13. The quantitative estimate of drug-likeness (QED) is 0.842. The molecule has 1 heterocycles. The van der Waals surface area contributed by atoms with Crippen LogP contribution in [0.2, 0.25) is 0 Å². The molecule has 0 spiro atoms. The van der Waals surface area contributed by atoms with E-state index in [0.29, 0.717) is 11.6 Å². The van der Waals surface area contributed by atoms with Gasteiger partial charge in [-0.25, -0.2) is 9.97 Å². The van der Waals surface area contributed by atoms with Gasteiger partial charge in [0.2, 0.25) is 5.95 Å². The fourth-order valence-electron chi connectivity index (χ4n) is 2.13. The van der Waals surface area contributed by atoms with Crippen molar-refractivity contribution < 1.29 is 0 Å². The Morgan fingerprint density at radius 3 is 2.94 bits per heavy atom. The molecule has 16 heavy (non-hydrogen) atoms. The molecule has 0 radical (unpaired) electrons. The van der Waals surface area contributed by atoms with Crippen LogP contribution in [0.15, 0.2) is 12.3 Å². The van der Waals surface area contributed by atoms with Crippen LogP contribution in [0, 0.1) is 17.2 Å². The summed E-state index contributed by atoms with van der Waals surface area (Å²) >= 11 is 0. The summed E-state index contributed by atoms with van der Waals surface area (Å²) in [4.78, 5) is 8.19. The molecule has 1 aliphatic carbocycles. The van der Waals surface area contributed by atoms with Crippen molar-refractivity contribution in [3.63, 3.8) is 0 Å². The first-order valence-electron chi connectivity index (χ1n) is 5.85. The molecular formula is C12H16N4. The Hall–Kier alpha value is -1.63. The van der Waals surface area contributed by atoms with E-state index in [1.54, 1.807) is 12.3 Å². The third kappa shape index (κ3) is 2.93. The van der Waals surface area contributed by atoms with E-state index in [2.05, 4.69) is 15.3 Å². The summed E-state index contributed by atoms with van der Waals surface area (Å²) in [5.74, 6) is 1.31. The van der Waals surface area contributed by atoms with Crippen molar-refractivity contribution >= 4 is 5.95 Å². The van der Waals surface area contributed by atoms with E-state index in [1.807, 2.05) is 6.07 Å². The van der Waals surface area contributed by atoms with E-state index in [9.17, 15) is 0 Å². The summed E-state index contributed by atoms with van der Waals surface area (Å²) in [5.41, 5.74) is 0.418. The molecule has 0 atom stereocenters.